The number of rotatable bonds is 9. The second kappa shape index (κ2) is 10.9. The number of nitrogens with zero attached hydrogens (tertiary/aromatic N) is 1. The van der Waals surface area contributed by atoms with Crippen LogP contribution >= 0.6 is 22.9 Å². The van der Waals surface area contributed by atoms with Gasteiger partial charge in [0.15, 0.2) is 5.82 Å². The van der Waals surface area contributed by atoms with Crippen LogP contribution < -0.4 is 14.8 Å². The SMILES string of the molecule is CCN[C@@H]1CCC=C(c2ccc(F)cc2)[C@H]1COc1ccc(S(=O)(=O)Nc2cscn2)cc1Cl. The van der Waals surface area contributed by atoms with Gasteiger partial charge in [0.25, 0.3) is 10.0 Å². The zero-order valence-corrected chi connectivity index (χ0v) is 20.9. The van der Waals surface area contributed by atoms with Crippen molar-refractivity contribution in [2.45, 2.75) is 30.7 Å². The second-order valence-electron chi connectivity index (χ2n) is 7.90. The van der Waals surface area contributed by atoms with Crippen LogP contribution in [-0.2, 0) is 10.0 Å². The number of nitrogens with one attached hydrogen (secondary N) is 2. The van der Waals surface area contributed by atoms with Crippen LogP contribution in [0.1, 0.15) is 25.3 Å². The van der Waals surface area contributed by atoms with Gasteiger partial charge in [-0.05, 0) is 60.9 Å². The van der Waals surface area contributed by atoms with E-state index < -0.39 is 10.0 Å². The normalized spacial score (nSPS) is 18.4. The Hall–Kier alpha value is -2.46. The van der Waals surface area contributed by atoms with Gasteiger partial charge in [0.1, 0.15) is 11.6 Å². The minimum atomic E-state index is -3.82. The van der Waals surface area contributed by atoms with Crippen LogP contribution in [0.2, 0.25) is 5.02 Å². The maximum Gasteiger partial charge on any atom is 0.263 e. The lowest BCUT2D eigenvalue weighted by atomic mass is 9.80. The number of thiazole rings is 1. The maximum absolute atomic E-state index is 13.5. The Balaban J connectivity index is 1.52. The van der Waals surface area contributed by atoms with Crippen LogP contribution in [0.25, 0.3) is 5.57 Å². The minimum absolute atomic E-state index is 0.0185. The average Bonchev–Trinajstić information content (AvgIpc) is 3.32. The van der Waals surface area contributed by atoms with Crippen molar-refractivity contribution in [2.75, 3.05) is 17.9 Å². The first-order valence-electron chi connectivity index (χ1n) is 10.9. The maximum atomic E-state index is 13.5. The van der Waals surface area contributed by atoms with Crippen LogP contribution in [0.4, 0.5) is 10.2 Å². The molecule has 0 bridgehead atoms. The molecular weight excluding hydrogens is 497 g/mol. The average molecular weight is 522 g/mol. The van der Waals surface area contributed by atoms with Gasteiger partial charge < -0.3 is 10.1 Å². The Labute approximate surface area is 207 Å². The number of anilines is 1. The highest BCUT2D eigenvalue weighted by Gasteiger charge is 2.29. The van der Waals surface area contributed by atoms with E-state index in [4.69, 9.17) is 16.3 Å². The molecule has 0 saturated carbocycles. The van der Waals surface area contributed by atoms with E-state index in [1.807, 2.05) is 0 Å². The molecule has 2 aromatic carbocycles. The summed E-state index contributed by atoms with van der Waals surface area (Å²) in [7, 11) is -3.82. The molecule has 3 aromatic rings. The summed E-state index contributed by atoms with van der Waals surface area (Å²) in [5, 5.41) is 5.33. The number of sulfonamides is 1. The molecule has 4 rings (SSSR count). The smallest absolute Gasteiger partial charge is 0.263 e. The van der Waals surface area contributed by atoms with E-state index in [-0.39, 0.29) is 33.5 Å². The molecule has 2 atom stereocenters. The van der Waals surface area contributed by atoms with Gasteiger partial charge in [0, 0.05) is 17.3 Å². The molecule has 0 fully saturated rings. The zero-order chi connectivity index (χ0) is 24.1. The molecule has 1 aliphatic rings. The van der Waals surface area contributed by atoms with Crippen LogP contribution in [-0.4, -0.2) is 32.6 Å². The number of hydrogen-bond acceptors (Lipinski definition) is 6. The Bertz CT molecular complexity index is 1250. The monoisotopic (exact) mass is 521 g/mol. The first-order valence-corrected chi connectivity index (χ1v) is 13.7. The van der Waals surface area contributed by atoms with Crippen LogP contribution in [0, 0.1) is 11.7 Å². The lowest BCUT2D eigenvalue weighted by molar-refractivity contribution is 0.237. The Morgan fingerprint density at radius 2 is 2.03 bits per heavy atom. The quantitative estimate of drug-likeness (QED) is 0.384. The van der Waals surface area contributed by atoms with E-state index in [1.54, 1.807) is 29.1 Å². The van der Waals surface area contributed by atoms with Crippen molar-refractivity contribution in [1.82, 2.24) is 10.3 Å². The molecule has 2 N–H and O–H groups in total. The lowest BCUT2D eigenvalue weighted by Crippen LogP contribution is -2.41. The number of halogens is 2. The third-order valence-corrected chi connectivity index (χ3v) is 7.91. The van der Waals surface area contributed by atoms with Gasteiger partial charge in [-0.15, -0.1) is 11.3 Å². The number of ether oxygens (including phenoxy) is 1. The molecule has 0 saturated heterocycles. The van der Waals surface area contributed by atoms with Crippen molar-refractivity contribution in [1.29, 1.82) is 0 Å². The highest BCUT2D eigenvalue weighted by Crippen LogP contribution is 2.35. The van der Waals surface area contributed by atoms with Crippen molar-refractivity contribution < 1.29 is 17.5 Å². The van der Waals surface area contributed by atoms with E-state index in [9.17, 15) is 12.8 Å². The molecule has 6 nitrogen and oxygen atoms in total. The summed E-state index contributed by atoms with van der Waals surface area (Å²) < 4.78 is 47.2. The van der Waals surface area contributed by atoms with E-state index in [0.29, 0.717) is 12.4 Å². The lowest BCUT2D eigenvalue weighted by Gasteiger charge is -2.33. The van der Waals surface area contributed by atoms with Gasteiger partial charge in [0.05, 0.1) is 22.0 Å². The molecule has 0 amide bonds. The standard InChI is InChI=1S/C24H25ClFN3O3S2/c1-2-27-22-5-3-4-19(16-6-8-17(26)9-7-16)20(22)13-32-23-11-10-18(12-21(23)25)34(30,31)29-24-14-33-15-28-24/h4,6-12,14-15,20,22,27,29H,2-3,5,13H2,1H3/t20-,22-/m1/s1. The summed E-state index contributed by atoms with van der Waals surface area (Å²) in [5.74, 6) is 0.397. The molecular formula is C24H25ClFN3O3S2. The van der Waals surface area contributed by atoms with Crippen molar-refractivity contribution in [2.24, 2.45) is 5.92 Å². The number of benzene rings is 2. The molecule has 0 spiro atoms. The summed E-state index contributed by atoms with van der Waals surface area (Å²) in [4.78, 5) is 3.97. The van der Waals surface area contributed by atoms with Gasteiger partial charge in [-0.2, -0.15) is 0 Å². The Morgan fingerprint density at radius 3 is 2.71 bits per heavy atom. The third kappa shape index (κ3) is 5.78. The van der Waals surface area contributed by atoms with Crippen molar-refractivity contribution in [3.63, 3.8) is 0 Å². The topological polar surface area (TPSA) is 80.3 Å². The molecule has 34 heavy (non-hydrogen) atoms. The van der Waals surface area contributed by atoms with Crippen LogP contribution in [0.3, 0.4) is 0 Å². The minimum Gasteiger partial charge on any atom is -0.491 e. The van der Waals surface area contributed by atoms with E-state index in [2.05, 4.69) is 28.0 Å². The Kier molecular flexibility index (Phi) is 7.88. The fourth-order valence-corrected chi connectivity index (χ4v) is 5.96. The number of allylic oxidation sites excluding steroid dienone is 1. The molecule has 0 unspecified atom stereocenters. The van der Waals surface area contributed by atoms with Crippen molar-refractivity contribution in [3.8, 4) is 5.75 Å². The highest BCUT2D eigenvalue weighted by molar-refractivity contribution is 7.92. The van der Waals surface area contributed by atoms with Crippen molar-refractivity contribution in [3.05, 3.63) is 75.8 Å². The fourth-order valence-electron chi connectivity index (χ4n) is 4.08. The molecule has 0 radical (unpaired) electrons. The van der Waals surface area contributed by atoms with Gasteiger partial charge in [-0.1, -0.05) is 36.7 Å². The van der Waals surface area contributed by atoms with Crippen LogP contribution in [0.5, 0.6) is 5.75 Å². The van der Waals surface area contributed by atoms with Gasteiger partial charge in [-0.3, -0.25) is 4.72 Å². The summed E-state index contributed by atoms with van der Waals surface area (Å²) in [6.07, 6.45) is 4.05. The predicted molar refractivity (Wildman–Crippen MR) is 134 cm³/mol. The highest BCUT2D eigenvalue weighted by atomic mass is 35.5. The second-order valence-corrected chi connectivity index (χ2v) is 10.7. The zero-order valence-electron chi connectivity index (χ0n) is 18.5. The van der Waals surface area contributed by atoms with Gasteiger partial charge >= 0.3 is 0 Å². The summed E-state index contributed by atoms with van der Waals surface area (Å²) in [5.41, 5.74) is 3.60. The fraction of sp³-hybridized carbons (Fsp3) is 0.292. The first kappa shape index (κ1) is 24.7. The van der Waals surface area contributed by atoms with Gasteiger partial charge in [0.2, 0.25) is 0 Å². The molecule has 1 aromatic heterocycles. The van der Waals surface area contributed by atoms with Gasteiger partial charge in [-0.25, -0.2) is 17.8 Å². The molecule has 180 valence electrons. The van der Waals surface area contributed by atoms with E-state index in [0.717, 1.165) is 30.5 Å². The number of aromatic nitrogens is 1. The third-order valence-electron chi connectivity index (χ3n) is 5.67. The summed E-state index contributed by atoms with van der Waals surface area (Å²) >= 11 is 7.69. The van der Waals surface area contributed by atoms with E-state index in [1.165, 1.54) is 35.6 Å². The largest absolute Gasteiger partial charge is 0.491 e. The van der Waals surface area contributed by atoms with E-state index >= 15 is 0 Å². The Morgan fingerprint density at radius 1 is 1.24 bits per heavy atom. The molecule has 0 aliphatic heterocycles. The molecule has 1 heterocycles. The summed E-state index contributed by atoms with van der Waals surface area (Å²) in [6.45, 7) is 3.21. The van der Waals surface area contributed by atoms with Crippen LogP contribution in [0.15, 0.2) is 64.3 Å². The molecule has 1 aliphatic carbocycles. The van der Waals surface area contributed by atoms with Crippen molar-refractivity contribution >= 4 is 44.4 Å². The molecule has 10 heteroatoms. The predicted octanol–water partition coefficient (Wildman–Crippen LogP) is 5.59. The first-order chi connectivity index (χ1) is 16.4. The summed E-state index contributed by atoms with van der Waals surface area (Å²) in [6, 6.07) is 11.1. The number of hydrogen-bond donors (Lipinski definition) is 2.